The Balaban J connectivity index is 2.16. The van der Waals surface area contributed by atoms with Crippen molar-refractivity contribution in [3.8, 4) is 5.75 Å². The fourth-order valence-electron chi connectivity index (χ4n) is 3.49. The van der Waals surface area contributed by atoms with Gasteiger partial charge in [0, 0.05) is 23.0 Å². The van der Waals surface area contributed by atoms with Crippen LogP contribution in [0.5, 0.6) is 5.75 Å². The van der Waals surface area contributed by atoms with Gasteiger partial charge in [0.2, 0.25) is 0 Å². The monoisotopic (exact) mass is 542 g/mol. The van der Waals surface area contributed by atoms with Crippen LogP contribution in [0.3, 0.4) is 0 Å². The van der Waals surface area contributed by atoms with Gasteiger partial charge in [-0.3, -0.25) is 5.32 Å². The lowest BCUT2D eigenvalue weighted by atomic mass is 10.1. The first-order chi connectivity index (χ1) is 17.9. The van der Waals surface area contributed by atoms with E-state index in [4.69, 9.17) is 25.4 Å². The predicted octanol–water partition coefficient (Wildman–Crippen LogP) is 5.66. The molecule has 0 aliphatic heterocycles. The Morgan fingerprint density at radius 3 is 2.26 bits per heavy atom. The van der Waals surface area contributed by atoms with Crippen LogP contribution < -0.4 is 15.8 Å². The number of carbonyl (C=O) groups is 2. The highest BCUT2D eigenvalue weighted by Gasteiger charge is 2.25. The molecular weight excluding hydrogens is 500 g/mol. The van der Waals surface area contributed by atoms with Crippen LogP contribution in [0.2, 0.25) is 0 Å². The van der Waals surface area contributed by atoms with E-state index in [1.54, 1.807) is 78.8 Å². The Hall–Kier alpha value is -3.79. The smallest absolute Gasteiger partial charge is 0.412 e. The van der Waals surface area contributed by atoms with Crippen LogP contribution in [0.1, 0.15) is 71.3 Å². The molecule has 0 saturated carbocycles. The quantitative estimate of drug-likeness (QED) is 0.236. The molecule has 0 unspecified atom stereocenters. The second kappa shape index (κ2) is 12.8. The molecule has 0 aliphatic carbocycles. The van der Waals surface area contributed by atoms with E-state index in [1.165, 1.54) is 4.90 Å². The molecule has 10 heteroatoms. The number of nitrogens with zero attached hydrogens (tertiary/aromatic N) is 1. The third-order valence-electron chi connectivity index (χ3n) is 5.39. The fraction of sp³-hybridized carbons (Fsp3) is 0.483. The molecule has 0 fully saturated rings. The van der Waals surface area contributed by atoms with Gasteiger partial charge < -0.3 is 35.4 Å². The number of carbonyl (C=O) groups excluding carboxylic acids is 2. The van der Waals surface area contributed by atoms with Crippen molar-refractivity contribution in [2.75, 3.05) is 30.7 Å². The molecule has 10 nitrogen and oxygen atoms in total. The number of amides is 2. The Labute approximate surface area is 230 Å². The SMILES string of the molecule is CC(=N)c1ccc(OCCN(C[C@H](O)c2ccc(C)c(N)c2)C(=O)OC(C)(C)C)cc1NC(=O)OC(C)(C)C. The summed E-state index contributed by atoms with van der Waals surface area (Å²) in [5.74, 6) is 0.419. The van der Waals surface area contributed by atoms with Gasteiger partial charge >= 0.3 is 12.2 Å². The van der Waals surface area contributed by atoms with Gasteiger partial charge in [0.25, 0.3) is 0 Å². The van der Waals surface area contributed by atoms with Crippen LogP contribution in [0.25, 0.3) is 0 Å². The maximum atomic E-state index is 12.9. The predicted molar refractivity (Wildman–Crippen MR) is 153 cm³/mol. The van der Waals surface area contributed by atoms with Crippen LogP contribution in [-0.4, -0.2) is 58.8 Å². The highest BCUT2D eigenvalue weighted by molar-refractivity contribution is 6.04. The molecule has 2 amide bonds. The first-order valence-electron chi connectivity index (χ1n) is 12.8. The lowest BCUT2D eigenvalue weighted by molar-refractivity contribution is 0.0117. The summed E-state index contributed by atoms with van der Waals surface area (Å²) in [5, 5.41) is 21.5. The minimum Gasteiger partial charge on any atom is -0.492 e. The number of benzene rings is 2. The molecule has 5 N–H and O–H groups in total. The molecule has 2 aromatic carbocycles. The zero-order valence-electron chi connectivity index (χ0n) is 24.2. The second-order valence-corrected chi connectivity index (χ2v) is 11.4. The average molecular weight is 543 g/mol. The van der Waals surface area contributed by atoms with Crippen molar-refractivity contribution in [3.63, 3.8) is 0 Å². The van der Waals surface area contributed by atoms with E-state index in [1.807, 2.05) is 13.0 Å². The van der Waals surface area contributed by atoms with Crippen molar-refractivity contribution < 1.29 is 28.9 Å². The number of nitrogens with one attached hydrogen (secondary N) is 2. The molecule has 0 spiro atoms. The van der Waals surface area contributed by atoms with Gasteiger partial charge in [-0.15, -0.1) is 0 Å². The first kappa shape index (κ1) is 31.4. The van der Waals surface area contributed by atoms with E-state index in [-0.39, 0.29) is 25.4 Å². The number of aryl methyl sites for hydroxylation is 1. The van der Waals surface area contributed by atoms with E-state index in [2.05, 4.69) is 5.32 Å². The van der Waals surface area contributed by atoms with Crippen molar-refractivity contribution in [2.45, 2.75) is 72.7 Å². The number of anilines is 2. The summed E-state index contributed by atoms with van der Waals surface area (Å²) >= 11 is 0. The summed E-state index contributed by atoms with van der Waals surface area (Å²) in [5.41, 5.74) is 7.77. The molecule has 0 aromatic heterocycles. The molecular formula is C29H42N4O6. The molecule has 0 heterocycles. The standard InChI is InChI=1S/C29H42N4O6/c1-18-9-10-20(15-23(18)31)25(34)17-33(27(36)39-29(6,7)8)13-14-37-21-11-12-22(19(2)30)24(16-21)32-26(35)38-28(3,4)5/h9-12,15-16,25,30,34H,13-14,17,31H2,1-8H3,(H,32,35)/t25-/m0/s1. The zero-order chi connectivity index (χ0) is 29.5. The minimum atomic E-state index is -0.986. The number of aliphatic hydroxyl groups is 1. The van der Waals surface area contributed by atoms with Crippen molar-refractivity contribution >= 4 is 29.3 Å². The molecule has 0 bridgehead atoms. The van der Waals surface area contributed by atoms with Crippen molar-refractivity contribution in [1.29, 1.82) is 5.41 Å². The number of ether oxygens (including phenoxy) is 3. The van der Waals surface area contributed by atoms with Crippen LogP contribution in [0, 0.1) is 12.3 Å². The van der Waals surface area contributed by atoms with Crippen molar-refractivity contribution in [3.05, 3.63) is 53.1 Å². The maximum Gasteiger partial charge on any atom is 0.412 e. The Morgan fingerprint density at radius 2 is 1.69 bits per heavy atom. The molecule has 2 aromatic rings. The molecule has 1 atom stereocenters. The molecule has 2 rings (SSSR count). The van der Waals surface area contributed by atoms with Gasteiger partial charge in [-0.05, 0) is 84.7 Å². The highest BCUT2D eigenvalue weighted by atomic mass is 16.6. The highest BCUT2D eigenvalue weighted by Crippen LogP contribution is 2.25. The summed E-state index contributed by atoms with van der Waals surface area (Å²) < 4.78 is 16.8. The van der Waals surface area contributed by atoms with Gasteiger partial charge in [-0.2, -0.15) is 0 Å². The third-order valence-corrected chi connectivity index (χ3v) is 5.39. The summed E-state index contributed by atoms with van der Waals surface area (Å²) in [6, 6.07) is 10.2. The van der Waals surface area contributed by atoms with Gasteiger partial charge in [-0.25, -0.2) is 9.59 Å². The summed E-state index contributed by atoms with van der Waals surface area (Å²) in [4.78, 5) is 26.6. The molecule has 0 aliphatic rings. The van der Waals surface area contributed by atoms with Crippen LogP contribution in [0.15, 0.2) is 36.4 Å². The van der Waals surface area contributed by atoms with E-state index in [0.717, 1.165) is 5.56 Å². The number of hydrogen-bond donors (Lipinski definition) is 4. The van der Waals surface area contributed by atoms with E-state index in [0.29, 0.717) is 28.3 Å². The van der Waals surface area contributed by atoms with Crippen molar-refractivity contribution in [2.24, 2.45) is 0 Å². The number of rotatable bonds is 9. The normalized spacial score (nSPS) is 12.3. The average Bonchev–Trinajstić information content (AvgIpc) is 2.77. The van der Waals surface area contributed by atoms with Crippen LogP contribution in [-0.2, 0) is 9.47 Å². The van der Waals surface area contributed by atoms with E-state index in [9.17, 15) is 14.7 Å². The summed E-state index contributed by atoms with van der Waals surface area (Å²) in [6.07, 6.45) is -2.23. The first-order valence-corrected chi connectivity index (χ1v) is 12.8. The Bertz CT molecular complexity index is 1180. The fourth-order valence-corrected chi connectivity index (χ4v) is 3.49. The van der Waals surface area contributed by atoms with Gasteiger partial charge in [0.15, 0.2) is 0 Å². The summed E-state index contributed by atoms with van der Waals surface area (Å²) in [7, 11) is 0. The Morgan fingerprint density at radius 1 is 1.05 bits per heavy atom. The number of nitrogen functional groups attached to an aromatic ring is 1. The van der Waals surface area contributed by atoms with E-state index < -0.39 is 29.5 Å². The number of aliphatic hydroxyl groups excluding tert-OH is 1. The minimum absolute atomic E-state index is 0.0296. The molecule has 0 saturated heterocycles. The topological polar surface area (TPSA) is 147 Å². The molecule has 39 heavy (non-hydrogen) atoms. The van der Waals surface area contributed by atoms with Gasteiger partial charge in [-0.1, -0.05) is 12.1 Å². The van der Waals surface area contributed by atoms with Crippen LogP contribution in [0.4, 0.5) is 21.0 Å². The summed E-state index contributed by atoms with van der Waals surface area (Å²) in [6.45, 7) is 14.2. The largest absolute Gasteiger partial charge is 0.492 e. The zero-order valence-corrected chi connectivity index (χ0v) is 24.2. The lowest BCUT2D eigenvalue weighted by Gasteiger charge is -2.29. The number of nitrogens with two attached hydrogens (primary N) is 1. The maximum absolute atomic E-state index is 12.9. The molecule has 0 radical (unpaired) electrons. The number of hydrogen-bond acceptors (Lipinski definition) is 8. The van der Waals surface area contributed by atoms with Gasteiger partial charge in [0.1, 0.15) is 23.6 Å². The lowest BCUT2D eigenvalue weighted by Crippen LogP contribution is -2.41. The third kappa shape index (κ3) is 10.5. The van der Waals surface area contributed by atoms with E-state index >= 15 is 0 Å². The molecule has 214 valence electrons. The second-order valence-electron chi connectivity index (χ2n) is 11.4. The Kier molecular flexibility index (Phi) is 10.3. The van der Waals surface area contributed by atoms with Crippen molar-refractivity contribution in [1.82, 2.24) is 4.90 Å². The van der Waals surface area contributed by atoms with Crippen LogP contribution >= 0.6 is 0 Å². The van der Waals surface area contributed by atoms with Gasteiger partial charge in [0.05, 0.1) is 24.9 Å².